The highest BCUT2D eigenvalue weighted by Crippen LogP contribution is 2.57. The summed E-state index contributed by atoms with van der Waals surface area (Å²) < 4.78 is 6.25. The van der Waals surface area contributed by atoms with Crippen molar-refractivity contribution in [2.45, 2.75) is 56.9 Å². The second kappa shape index (κ2) is 5.27. The maximum absolute atomic E-state index is 11.0. The summed E-state index contributed by atoms with van der Waals surface area (Å²) in [4.78, 5) is 11.2. The Bertz CT molecular complexity index is 581. The lowest BCUT2D eigenvalue weighted by molar-refractivity contribution is -0.385. The zero-order valence-electron chi connectivity index (χ0n) is 12.4. The summed E-state index contributed by atoms with van der Waals surface area (Å²) in [6.45, 7) is 3.65. The van der Waals surface area contributed by atoms with E-state index in [0.717, 1.165) is 17.7 Å². The second-order valence-electron chi connectivity index (χ2n) is 6.41. The van der Waals surface area contributed by atoms with Crippen molar-refractivity contribution in [2.75, 3.05) is 0 Å². The van der Waals surface area contributed by atoms with Crippen molar-refractivity contribution < 1.29 is 9.66 Å². The highest BCUT2D eigenvalue weighted by atomic mass is 79.9. The number of hydrogen-bond acceptors (Lipinski definition) is 3. The van der Waals surface area contributed by atoms with Gasteiger partial charge in [-0.2, -0.15) is 0 Å². The number of nitro groups is 1. The second-order valence-corrected chi connectivity index (χ2v) is 7.52. The molecule has 2 atom stereocenters. The maximum atomic E-state index is 11.0. The Morgan fingerprint density at radius 3 is 2.52 bits per heavy atom. The predicted octanol–water partition coefficient (Wildman–Crippen LogP) is 4.69. The molecule has 0 N–H and O–H groups in total. The zero-order valence-corrected chi connectivity index (χ0v) is 14.0. The Kier molecular flexibility index (Phi) is 3.72. The van der Waals surface area contributed by atoms with Crippen LogP contribution in [0, 0.1) is 29.4 Å². The van der Waals surface area contributed by atoms with Gasteiger partial charge in [0.2, 0.25) is 0 Å². The molecule has 1 spiro atoms. The van der Waals surface area contributed by atoms with E-state index < -0.39 is 0 Å². The molecular weight excluding hydrogens is 334 g/mol. The Balaban J connectivity index is 1.83. The molecule has 2 aliphatic carbocycles. The number of aryl methyl sites for hydroxylation is 2. The van der Waals surface area contributed by atoms with Crippen molar-refractivity contribution in [3.8, 4) is 5.75 Å². The molecule has 0 aromatic heterocycles. The lowest BCUT2D eigenvalue weighted by Gasteiger charge is -2.51. The molecular formula is C16H20BrNO3. The first kappa shape index (κ1) is 14.8. The number of alkyl halides is 1. The number of nitro benzene ring substituents is 1. The van der Waals surface area contributed by atoms with Gasteiger partial charge >= 0.3 is 0 Å². The van der Waals surface area contributed by atoms with Crippen LogP contribution in [0.3, 0.4) is 0 Å². The smallest absolute Gasteiger partial charge is 0.272 e. The van der Waals surface area contributed by atoms with E-state index >= 15 is 0 Å². The minimum Gasteiger partial charge on any atom is -0.489 e. The van der Waals surface area contributed by atoms with E-state index in [-0.39, 0.29) is 22.1 Å². The van der Waals surface area contributed by atoms with Gasteiger partial charge in [0, 0.05) is 21.9 Å². The van der Waals surface area contributed by atoms with Crippen LogP contribution in [0.1, 0.15) is 43.2 Å². The Labute approximate surface area is 133 Å². The zero-order chi connectivity index (χ0) is 15.2. The first-order chi connectivity index (χ1) is 9.94. The van der Waals surface area contributed by atoms with Gasteiger partial charge in [-0.25, -0.2) is 0 Å². The van der Waals surface area contributed by atoms with E-state index in [9.17, 15) is 10.1 Å². The van der Waals surface area contributed by atoms with Gasteiger partial charge in [0.15, 0.2) is 0 Å². The molecule has 2 fully saturated rings. The van der Waals surface area contributed by atoms with Gasteiger partial charge in [-0.3, -0.25) is 10.1 Å². The number of halogens is 1. The molecule has 2 unspecified atom stereocenters. The summed E-state index contributed by atoms with van der Waals surface area (Å²) in [6, 6.07) is 3.44. The molecule has 0 saturated heterocycles. The topological polar surface area (TPSA) is 52.4 Å². The van der Waals surface area contributed by atoms with Gasteiger partial charge in [0.1, 0.15) is 11.9 Å². The maximum Gasteiger partial charge on any atom is 0.272 e. The van der Waals surface area contributed by atoms with Crippen LogP contribution in [-0.2, 0) is 0 Å². The summed E-state index contributed by atoms with van der Waals surface area (Å²) >= 11 is 3.79. The molecule has 1 aromatic rings. The third-order valence-corrected chi connectivity index (χ3v) is 6.47. The summed E-state index contributed by atoms with van der Waals surface area (Å²) in [5.41, 5.74) is 1.96. The van der Waals surface area contributed by atoms with Gasteiger partial charge in [0.05, 0.1) is 4.92 Å². The Morgan fingerprint density at radius 1 is 1.29 bits per heavy atom. The first-order valence-electron chi connectivity index (χ1n) is 7.50. The first-order valence-corrected chi connectivity index (χ1v) is 8.42. The molecule has 0 amide bonds. The number of ether oxygens (including phenoxy) is 1. The lowest BCUT2D eigenvalue weighted by atomic mass is 9.64. The van der Waals surface area contributed by atoms with Crippen LogP contribution in [0.25, 0.3) is 0 Å². The van der Waals surface area contributed by atoms with Crippen molar-refractivity contribution >= 4 is 21.6 Å². The lowest BCUT2D eigenvalue weighted by Crippen LogP contribution is -2.55. The summed E-state index contributed by atoms with van der Waals surface area (Å²) in [6.07, 6.45) is 6.26. The molecule has 1 aromatic carbocycles. The van der Waals surface area contributed by atoms with Crippen LogP contribution in [0.2, 0.25) is 0 Å². The third kappa shape index (κ3) is 2.35. The van der Waals surface area contributed by atoms with Gasteiger partial charge < -0.3 is 4.74 Å². The minimum atomic E-state index is -0.331. The molecule has 0 radical (unpaired) electrons. The van der Waals surface area contributed by atoms with E-state index in [1.165, 1.54) is 25.7 Å². The van der Waals surface area contributed by atoms with Crippen LogP contribution in [0.4, 0.5) is 5.69 Å². The van der Waals surface area contributed by atoms with E-state index in [2.05, 4.69) is 15.9 Å². The average Bonchev–Trinajstić information content (AvgIpc) is 2.94. The van der Waals surface area contributed by atoms with Gasteiger partial charge in [-0.05, 0) is 44.7 Å². The van der Waals surface area contributed by atoms with E-state index in [0.29, 0.717) is 10.4 Å². The highest BCUT2D eigenvalue weighted by Gasteiger charge is 2.56. The summed E-state index contributed by atoms with van der Waals surface area (Å²) in [5, 5.41) is 11.0. The van der Waals surface area contributed by atoms with Crippen molar-refractivity contribution in [3.63, 3.8) is 0 Å². The summed E-state index contributed by atoms with van der Waals surface area (Å²) in [7, 11) is 0. The normalized spacial score (nSPS) is 26.6. The van der Waals surface area contributed by atoms with Gasteiger partial charge in [-0.15, -0.1) is 0 Å². The fourth-order valence-corrected chi connectivity index (χ4v) is 4.88. The molecule has 0 aliphatic heterocycles. The van der Waals surface area contributed by atoms with Crippen molar-refractivity contribution in [1.82, 2.24) is 0 Å². The van der Waals surface area contributed by atoms with Gasteiger partial charge in [0.25, 0.3) is 5.69 Å². The van der Waals surface area contributed by atoms with Crippen LogP contribution in [-0.4, -0.2) is 15.9 Å². The summed E-state index contributed by atoms with van der Waals surface area (Å²) in [5.74, 6) is 0.800. The van der Waals surface area contributed by atoms with Crippen LogP contribution < -0.4 is 4.74 Å². The average molecular weight is 354 g/mol. The number of rotatable bonds is 3. The molecule has 2 saturated carbocycles. The standard InChI is InChI=1S/C16H20BrNO3/c1-10-8-13(11(2)7-12(10)18(19)20)21-15-9-14(17)16(15)5-3-4-6-16/h7-8,14-15H,3-6,9H2,1-2H3. The van der Waals surface area contributed by atoms with Gasteiger partial charge in [-0.1, -0.05) is 28.8 Å². The van der Waals surface area contributed by atoms with Crippen molar-refractivity contribution in [3.05, 3.63) is 33.4 Å². The fourth-order valence-electron chi connectivity index (χ4n) is 3.78. The number of benzene rings is 1. The van der Waals surface area contributed by atoms with Crippen molar-refractivity contribution in [1.29, 1.82) is 0 Å². The van der Waals surface area contributed by atoms with E-state index in [4.69, 9.17) is 4.74 Å². The molecule has 3 rings (SSSR count). The van der Waals surface area contributed by atoms with Crippen LogP contribution in [0.5, 0.6) is 5.75 Å². The minimum absolute atomic E-state index is 0.169. The third-order valence-electron chi connectivity index (χ3n) is 5.18. The molecule has 4 nitrogen and oxygen atoms in total. The molecule has 2 aliphatic rings. The molecule has 114 valence electrons. The molecule has 0 bridgehead atoms. The predicted molar refractivity (Wildman–Crippen MR) is 85.2 cm³/mol. The monoisotopic (exact) mass is 353 g/mol. The molecule has 0 heterocycles. The number of nitrogens with zero attached hydrogens (tertiary/aromatic N) is 1. The van der Waals surface area contributed by atoms with E-state index in [1.807, 2.05) is 13.0 Å². The largest absolute Gasteiger partial charge is 0.489 e. The van der Waals surface area contributed by atoms with Crippen LogP contribution in [0.15, 0.2) is 12.1 Å². The van der Waals surface area contributed by atoms with E-state index in [1.54, 1.807) is 13.0 Å². The van der Waals surface area contributed by atoms with Crippen molar-refractivity contribution in [2.24, 2.45) is 5.41 Å². The quantitative estimate of drug-likeness (QED) is 0.450. The fraction of sp³-hybridized carbons (Fsp3) is 0.625. The Hall–Kier alpha value is -1.10. The molecule has 21 heavy (non-hydrogen) atoms. The highest BCUT2D eigenvalue weighted by molar-refractivity contribution is 9.09. The Morgan fingerprint density at radius 2 is 1.95 bits per heavy atom. The van der Waals surface area contributed by atoms with Crippen LogP contribution >= 0.6 is 15.9 Å². The number of hydrogen-bond donors (Lipinski definition) is 0. The molecule has 5 heteroatoms. The SMILES string of the molecule is Cc1cc([N+](=O)[O-])c(C)cc1OC1CC(Br)C12CCCC2.